The molecule has 0 fully saturated rings. The number of carbonyl (C=O) groups is 1. The molecule has 106 valence electrons. The predicted molar refractivity (Wildman–Crippen MR) is 65.4 cm³/mol. The highest BCUT2D eigenvalue weighted by Gasteiger charge is 2.19. The van der Waals surface area contributed by atoms with E-state index in [1.165, 1.54) is 13.2 Å². The van der Waals surface area contributed by atoms with Crippen molar-refractivity contribution in [3.8, 4) is 0 Å². The fourth-order valence-electron chi connectivity index (χ4n) is 1.63. The highest BCUT2D eigenvalue weighted by molar-refractivity contribution is 5.78. The molecule has 0 saturated heterocycles. The molecule has 2 unspecified atom stereocenters. The lowest BCUT2D eigenvalue weighted by Gasteiger charge is -2.16. The Labute approximate surface area is 110 Å². The SMILES string of the molecule is COCC(C)C(=O)NCC(O)c1c(F)cccc1F. The van der Waals surface area contributed by atoms with Gasteiger partial charge >= 0.3 is 0 Å². The third-order valence-corrected chi connectivity index (χ3v) is 2.67. The molecule has 0 aliphatic carbocycles. The summed E-state index contributed by atoms with van der Waals surface area (Å²) in [6.07, 6.45) is -1.43. The van der Waals surface area contributed by atoms with E-state index in [1.54, 1.807) is 6.92 Å². The number of halogens is 2. The van der Waals surface area contributed by atoms with Crippen LogP contribution in [0.25, 0.3) is 0 Å². The summed E-state index contributed by atoms with van der Waals surface area (Å²) < 4.78 is 31.6. The molecule has 4 nitrogen and oxygen atoms in total. The smallest absolute Gasteiger partial charge is 0.225 e. The minimum Gasteiger partial charge on any atom is -0.386 e. The van der Waals surface area contributed by atoms with E-state index in [4.69, 9.17) is 4.74 Å². The highest BCUT2D eigenvalue weighted by Crippen LogP contribution is 2.19. The third-order valence-electron chi connectivity index (χ3n) is 2.67. The standard InChI is InChI=1S/C13H17F2NO3/c1-8(7-19-2)13(18)16-6-11(17)12-9(14)4-3-5-10(12)15/h3-5,8,11,17H,6-7H2,1-2H3,(H,16,18). The van der Waals surface area contributed by atoms with Crippen molar-refractivity contribution in [3.63, 3.8) is 0 Å². The van der Waals surface area contributed by atoms with Gasteiger partial charge in [-0.1, -0.05) is 13.0 Å². The fourth-order valence-corrected chi connectivity index (χ4v) is 1.63. The van der Waals surface area contributed by atoms with Crippen LogP contribution in [-0.2, 0) is 9.53 Å². The maximum Gasteiger partial charge on any atom is 0.225 e. The van der Waals surface area contributed by atoms with Crippen LogP contribution in [-0.4, -0.2) is 31.3 Å². The van der Waals surface area contributed by atoms with Crippen molar-refractivity contribution in [3.05, 3.63) is 35.4 Å². The van der Waals surface area contributed by atoms with Crippen LogP contribution in [0.2, 0.25) is 0 Å². The lowest BCUT2D eigenvalue weighted by atomic mass is 10.1. The van der Waals surface area contributed by atoms with Gasteiger partial charge in [0.2, 0.25) is 5.91 Å². The van der Waals surface area contributed by atoms with Crippen molar-refractivity contribution in [2.24, 2.45) is 5.92 Å². The first kappa shape index (κ1) is 15.5. The molecule has 0 saturated carbocycles. The van der Waals surface area contributed by atoms with Gasteiger partial charge in [-0.3, -0.25) is 4.79 Å². The fraction of sp³-hybridized carbons (Fsp3) is 0.462. The van der Waals surface area contributed by atoms with E-state index in [1.807, 2.05) is 0 Å². The monoisotopic (exact) mass is 273 g/mol. The van der Waals surface area contributed by atoms with Crippen molar-refractivity contribution in [1.82, 2.24) is 5.32 Å². The molecule has 2 N–H and O–H groups in total. The Balaban J connectivity index is 2.61. The van der Waals surface area contributed by atoms with E-state index in [0.717, 1.165) is 12.1 Å². The molecule has 2 atom stereocenters. The average Bonchev–Trinajstić information content (AvgIpc) is 2.36. The van der Waals surface area contributed by atoms with Crippen LogP contribution in [0.15, 0.2) is 18.2 Å². The molecule has 0 aromatic heterocycles. The molecule has 0 aliphatic rings. The minimum atomic E-state index is -1.43. The Bertz CT molecular complexity index is 420. The van der Waals surface area contributed by atoms with Gasteiger partial charge in [0.1, 0.15) is 17.7 Å². The molecule has 0 radical (unpaired) electrons. The van der Waals surface area contributed by atoms with Crippen LogP contribution < -0.4 is 5.32 Å². The number of rotatable bonds is 6. The van der Waals surface area contributed by atoms with Crippen molar-refractivity contribution in [2.75, 3.05) is 20.3 Å². The van der Waals surface area contributed by atoms with Crippen LogP contribution in [0.3, 0.4) is 0 Å². The summed E-state index contributed by atoms with van der Waals surface area (Å²) in [7, 11) is 1.47. The Morgan fingerprint density at radius 1 is 1.42 bits per heavy atom. The van der Waals surface area contributed by atoms with E-state index >= 15 is 0 Å². The zero-order valence-corrected chi connectivity index (χ0v) is 10.8. The number of nitrogens with one attached hydrogen (secondary N) is 1. The molecule has 1 aromatic carbocycles. The summed E-state index contributed by atoms with van der Waals surface area (Å²) in [6, 6.07) is 3.31. The molecule has 0 bridgehead atoms. The maximum absolute atomic E-state index is 13.4. The molecular weight excluding hydrogens is 256 g/mol. The number of aliphatic hydroxyl groups excluding tert-OH is 1. The molecule has 1 amide bonds. The van der Waals surface area contributed by atoms with Gasteiger partial charge in [-0.2, -0.15) is 0 Å². The van der Waals surface area contributed by atoms with Crippen LogP contribution in [0, 0.1) is 17.6 Å². The first-order valence-electron chi connectivity index (χ1n) is 5.86. The van der Waals surface area contributed by atoms with Gasteiger partial charge in [0.25, 0.3) is 0 Å². The topological polar surface area (TPSA) is 58.6 Å². The van der Waals surface area contributed by atoms with Crippen molar-refractivity contribution < 1.29 is 23.4 Å². The summed E-state index contributed by atoms with van der Waals surface area (Å²) in [6.45, 7) is 1.62. The molecule has 19 heavy (non-hydrogen) atoms. The average molecular weight is 273 g/mol. The summed E-state index contributed by atoms with van der Waals surface area (Å²) in [4.78, 5) is 11.5. The van der Waals surface area contributed by atoms with Crippen LogP contribution in [0.4, 0.5) is 8.78 Å². The van der Waals surface area contributed by atoms with Gasteiger partial charge in [0.15, 0.2) is 0 Å². The quantitative estimate of drug-likeness (QED) is 0.823. The number of benzene rings is 1. The second-order valence-corrected chi connectivity index (χ2v) is 4.25. The Morgan fingerprint density at radius 3 is 2.53 bits per heavy atom. The van der Waals surface area contributed by atoms with E-state index in [0.29, 0.717) is 0 Å². The van der Waals surface area contributed by atoms with Crippen LogP contribution in [0.5, 0.6) is 0 Å². The molecule has 0 spiro atoms. The second kappa shape index (κ2) is 7.16. The first-order valence-corrected chi connectivity index (χ1v) is 5.86. The van der Waals surface area contributed by atoms with Gasteiger partial charge in [-0.25, -0.2) is 8.78 Å². The molecular formula is C13H17F2NO3. The third kappa shape index (κ3) is 4.25. The van der Waals surface area contributed by atoms with E-state index in [2.05, 4.69) is 5.32 Å². The van der Waals surface area contributed by atoms with E-state index < -0.39 is 29.2 Å². The molecule has 1 aromatic rings. The van der Waals surface area contributed by atoms with Gasteiger partial charge in [-0.05, 0) is 12.1 Å². The number of carbonyl (C=O) groups excluding carboxylic acids is 1. The number of aliphatic hydroxyl groups is 1. The van der Waals surface area contributed by atoms with Gasteiger partial charge in [0, 0.05) is 13.7 Å². The number of hydrogen-bond donors (Lipinski definition) is 2. The zero-order valence-electron chi connectivity index (χ0n) is 10.8. The largest absolute Gasteiger partial charge is 0.386 e. The lowest BCUT2D eigenvalue weighted by Crippen LogP contribution is -2.34. The van der Waals surface area contributed by atoms with E-state index in [-0.39, 0.29) is 19.1 Å². The lowest BCUT2D eigenvalue weighted by molar-refractivity contribution is -0.126. The van der Waals surface area contributed by atoms with Gasteiger partial charge in [0.05, 0.1) is 18.1 Å². The summed E-state index contributed by atoms with van der Waals surface area (Å²) >= 11 is 0. The minimum absolute atomic E-state index is 0.232. The number of methoxy groups -OCH3 is 1. The Kier molecular flexibility index (Phi) is 5.85. The number of ether oxygens (including phenoxy) is 1. The predicted octanol–water partition coefficient (Wildman–Crippen LogP) is 1.40. The molecule has 0 aliphatic heterocycles. The number of hydrogen-bond acceptors (Lipinski definition) is 3. The van der Waals surface area contributed by atoms with Crippen LogP contribution >= 0.6 is 0 Å². The van der Waals surface area contributed by atoms with Crippen LogP contribution in [0.1, 0.15) is 18.6 Å². The number of amides is 1. The second-order valence-electron chi connectivity index (χ2n) is 4.25. The van der Waals surface area contributed by atoms with Crippen molar-refractivity contribution >= 4 is 5.91 Å². The van der Waals surface area contributed by atoms with Gasteiger partial charge < -0.3 is 15.2 Å². The maximum atomic E-state index is 13.4. The highest BCUT2D eigenvalue weighted by atomic mass is 19.1. The molecule has 1 rings (SSSR count). The normalized spacial score (nSPS) is 13.9. The zero-order chi connectivity index (χ0) is 14.4. The van der Waals surface area contributed by atoms with Crippen molar-refractivity contribution in [1.29, 1.82) is 0 Å². The molecule has 6 heteroatoms. The Morgan fingerprint density at radius 2 is 2.00 bits per heavy atom. The Hall–Kier alpha value is -1.53. The van der Waals surface area contributed by atoms with Crippen molar-refractivity contribution in [2.45, 2.75) is 13.0 Å². The first-order chi connectivity index (χ1) is 8.97. The van der Waals surface area contributed by atoms with Gasteiger partial charge in [-0.15, -0.1) is 0 Å². The summed E-state index contributed by atoms with van der Waals surface area (Å²) in [5.41, 5.74) is -0.442. The summed E-state index contributed by atoms with van der Waals surface area (Å²) in [5, 5.41) is 12.1. The molecule has 0 heterocycles. The summed E-state index contributed by atoms with van der Waals surface area (Å²) in [5.74, 6) is -2.43. The van der Waals surface area contributed by atoms with E-state index in [9.17, 15) is 18.7 Å².